The van der Waals surface area contributed by atoms with E-state index in [1.165, 1.54) is 0 Å². The van der Waals surface area contributed by atoms with E-state index in [1.807, 2.05) is 0 Å². The minimum absolute atomic E-state index is 0.00540. The molecule has 0 aromatic heterocycles. The fourth-order valence-corrected chi connectivity index (χ4v) is 2.45. The van der Waals surface area contributed by atoms with Gasteiger partial charge in [0.1, 0.15) is 11.6 Å². The van der Waals surface area contributed by atoms with Gasteiger partial charge in [-0.25, -0.2) is 20.3 Å². The number of carbonyl (C=O) groups excluding carboxylic acids is 4. The number of rotatable bonds is 7. The summed E-state index contributed by atoms with van der Waals surface area (Å²) in [6.07, 6.45) is -0.949. The Bertz CT molecular complexity index is 756. The van der Waals surface area contributed by atoms with Crippen LogP contribution in [0, 0.1) is 0 Å². The first kappa shape index (κ1) is 22.1. The minimum atomic E-state index is -1.22. The van der Waals surface area contributed by atoms with Crippen LogP contribution in [0.25, 0.3) is 0 Å². The first-order chi connectivity index (χ1) is 13.6. The maximum atomic E-state index is 12.6. The molecule has 11 heteroatoms. The highest BCUT2D eigenvalue weighted by molar-refractivity contribution is 6.01. The number of nitrogens with one attached hydrogen (secondary N) is 2. The number of imide groups is 1. The number of hydrogen-bond acceptors (Lipinski definition) is 9. The summed E-state index contributed by atoms with van der Waals surface area (Å²) < 4.78 is 5.16. The van der Waals surface area contributed by atoms with E-state index in [9.17, 15) is 19.2 Å². The third-order valence-electron chi connectivity index (χ3n) is 3.72. The van der Waals surface area contributed by atoms with Crippen molar-refractivity contribution in [3.63, 3.8) is 0 Å². The summed E-state index contributed by atoms with van der Waals surface area (Å²) in [4.78, 5) is 56.8. The molecule has 11 nitrogen and oxygen atoms in total. The van der Waals surface area contributed by atoms with Gasteiger partial charge in [-0.2, -0.15) is 0 Å². The van der Waals surface area contributed by atoms with E-state index >= 15 is 0 Å². The van der Waals surface area contributed by atoms with Gasteiger partial charge in [0.25, 0.3) is 11.8 Å². The highest BCUT2D eigenvalue weighted by Gasteiger charge is 2.35. The van der Waals surface area contributed by atoms with Crippen molar-refractivity contribution < 1.29 is 39.0 Å². The third kappa shape index (κ3) is 6.73. The summed E-state index contributed by atoms with van der Waals surface area (Å²) in [6, 6.07) is 5.14. The second kappa shape index (κ2) is 9.34. The van der Waals surface area contributed by atoms with Crippen LogP contribution in [-0.2, 0) is 35.4 Å². The Hall–Kier alpha value is -3.18. The standard InChI is InChI=1S/C18H23N3O8/c1-18(2,3)27-17(25)19-13(10-11-4-6-12(7-5-11)20-29-26)16(24)28-21-14(22)8-9-15(21)23/h4-7,13,20,26H,8-10H2,1-3H3,(H,19,25). The molecule has 0 spiro atoms. The molecule has 0 saturated carbocycles. The predicted octanol–water partition coefficient (Wildman–Crippen LogP) is 1.55. The highest BCUT2D eigenvalue weighted by Crippen LogP contribution is 2.16. The van der Waals surface area contributed by atoms with E-state index in [2.05, 4.69) is 15.8 Å². The number of benzene rings is 1. The fraction of sp³-hybridized carbons (Fsp3) is 0.444. The third-order valence-corrected chi connectivity index (χ3v) is 3.72. The second-order valence-corrected chi connectivity index (χ2v) is 7.29. The van der Waals surface area contributed by atoms with Gasteiger partial charge in [-0.1, -0.05) is 12.1 Å². The van der Waals surface area contributed by atoms with Gasteiger partial charge in [-0.3, -0.25) is 9.59 Å². The van der Waals surface area contributed by atoms with E-state index < -0.39 is 35.5 Å². The molecular formula is C18H23N3O8. The lowest BCUT2D eigenvalue weighted by molar-refractivity contribution is -0.215. The molecule has 1 aliphatic rings. The van der Waals surface area contributed by atoms with Crippen LogP contribution < -0.4 is 10.8 Å². The molecule has 1 saturated heterocycles. The van der Waals surface area contributed by atoms with Gasteiger partial charge in [0.2, 0.25) is 0 Å². The van der Waals surface area contributed by atoms with Crippen LogP contribution >= 0.6 is 0 Å². The summed E-state index contributed by atoms with van der Waals surface area (Å²) in [6.45, 7) is 4.99. The molecule has 3 N–H and O–H groups in total. The minimum Gasteiger partial charge on any atom is -0.444 e. The predicted molar refractivity (Wildman–Crippen MR) is 97.8 cm³/mol. The summed E-state index contributed by atoms with van der Waals surface area (Å²) in [7, 11) is 0. The molecule has 1 unspecified atom stereocenters. The molecule has 0 radical (unpaired) electrons. The van der Waals surface area contributed by atoms with Crippen LogP contribution in [0.5, 0.6) is 0 Å². The SMILES string of the molecule is CC(C)(C)OC(=O)NC(Cc1ccc(NOO)cc1)C(=O)ON1C(=O)CCC1=O. The molecule has 0 bridgehead atoms. The molecule has 0 aliphatic carbocycles. The van der Waals surface area contributed by atoms with Crippen LogP contribution in [0.2, 0.25) is 0 Å². The maximum absolute atomic E-state index is 12.6. The number of amides is 3. The van der Waals surface area contributed by atoms with E-state index in [4.69, 9.17) is 14.8 Å². The van der Waals surface area contributed by atoms with Gasteiger partial charge in [-0.15, -0.1) is 10.1 Å². The van der Waals surface area contributed by atoms with Crippen molar-refractivity contribution in [3.05, 3.63) is 29.8 Å². The highest BCUT2D eigenvalue weighted by atomic mass is 17.2. The van der Waals surface area contributed by atoms with E-state index in [1.54, 1.807) is 45.0 Å². The molecule has 1 aromatic carbocycles. The monoisotopic (exact) mass is 409 g/mol. The molecule has 2 rings (SSSR count). The zero-order chi connectivity index (χ0) is 21.6. The summed E-state index contributed by atoms with van der Waals surface area (Å²) >= 11 is 0. The zero-order valence-corrected chi connectivity index (χ0v) is 16.3. The Morgan fingerprint density at radius 3 is 2.24 bits per heavy atom. The Balaban J connectivity index is 2.13. The van der Waals surface area contributed by atoms with Crippen molar-refractivity contribution in [2.24, 2.45) is 0 Å². The largest absolute Gasteiger partial charge is 0.444 e. The Kier molecular flexibility index (Phi) is 7.13. The van der Waals surface area contributed by atoms with Gasteiger partial charge in [0, 0.05) is 19.3 Å². The average Bonchev–Trinajstić information content (AvgIpc) is 2.93. The number of carbonyl (C=O) groups is 4. The van der Waals surface area contributed by atoms with Crippen LogP contribution in [-0.4, -0.2) is 45.8 Å². The molecule has 1 atom stereocenters. The fourth-order valence-electron chi connectivity index (χ4n) is 2.45. The molecule has 1 fully saturated rings. The van der Waals surface area contributed by atoms with Crippen molar-refractivity contribution in [2.45, 2.75) is 51.7 Å². The van der Waals surface area contributed by atoms with Gasteiger partial charge < -0.3 is 14.9 Å². The normalized spacial score (nSPS) is 15.1. The van der Waals surface area contributed by atoms with E-state index in [0.29, 0.717) is 16.3 Å². The number of anilines is 1. The molecule has 158 valence electrons. The molecule has 1 aliphatic heterocycles. The number of ether oxygens (including phenoxy) is 1. The molecular weight excluding hydrogens is 386 g/mol. The van der Waals surface area contributed by atoms with Crippen LogP contribution in [0.15, 0.2) is 24.3 Å². The Labute approximate surface area is 166 Å². The average molecular weight is 409 g/mol. The number of hydrogen-bond donors (Lipinski definition) is 3. The van der Waals surface area contributed by atoms with Crippen LogP contribution in [0.4, 0.5) is 10.5 Å². The molecule has 29 heavy (non-hydrogen) atoms. The second-order valence-electron chi connectivity index (χ2n) is 7.29. The number of hydroxylamine groups is 2. The number of nitrogens with zero attached hydrogens (tertiary/aromatic N) is 1. The van der Waals surface area contributed by atoms with Crippen LogP contribution in [0.3, 0.4) is 0 Å². The first-order valence-corrected chi connectivity index (χ1v) is 8.81. The topological polar surface area (TPSA) is 144 Å². The quantitative estimate of drug-likeness (QED) is 0.347. The van der Waals surface area contributed by atoms with Crippen molar-refractivity contribution in [1.82, 2.24) is 10.4 Å². The van der Waals surface area contributed by atoms with Crippen molar-refractivity contribution >= 4 is 29.6 Å². The molecule has 1 heterocycles. The van der Waals surface area contributed by atoms with Gasteiger partial charge in [-0.05, 0) is 38.5 Å². The molecule has 1 aromatic rings. The lowest BCUT2D eigenvalue weighted by Crippen LogP contribution is -2.48. The lowest BCUT2D eigenvalue weighted by Gasteiger charge is -2.23. The zero-order valence-electron chi connectivity index (χ0n) is 16.3. The smallest absolute Gasteiger partial charge is 0.408 e. The van der Waals surface area contributed by atoms with Crippen molar-refractivity contribution in [1.29, 1.82) is 0 Å². The van der Waals surface area contributed by atoms with E-state index in [-0.39, 0.29) is 19.3 Å². The summed E-state index contributed by atoms with van der Waals surface area (Å²) in [5.74, 6) is -2.24. The number of alkyl carbamates (subject to hydrolysis) is 1. The summed E-state index contributed by atoms with van der Waals surface area (Å²) in [5, 5.41) is 11.2. The van der Waals surface area contributed by atoms with Gasteiger partial charge in [0.05, 0.1) is 5.69 Å². The Morgan fingerprint density at radius 1 is 1.14 bits per heavy atom. The molecule has 3 amide bonds. The van der Waals surface area contributed by atoms with E-state index in [0.717, 1.165) is 0 Å². The van der Waals surface area contributed by atoms with Gasteiger partial charge >= 0.3 is 12.1 Å². The first-order valence-electron chi connectivity index (χ1n) is 8.81. The van der Waals surface area contributed by atoms with Crippen molar-refractivity contribution in [3.8, 4) is 0 Å². The Morgan fingerprint density at radius 2 is 1.72 bits per heavy atom. The van der Waals surface area contributed by atoms with Gasteiger partial charge in [0.15, 0.2) is 0 Å². The maximum Gasteiger partial charge on any atom is 0.408 e. The lowest BCUT2D eigenvalue weighted by atomic mass is 10.1. The summed E-state index contributed by atoms with van der Waals surface area (Å²) in [5.41, 5.74) is 2.49. The van der Waals surface area contributed by atoms with Crippen molar-refractivity contribution in [2.75, 3.05) is 5.48 Å². The van der Waals surface area contributed by atoms with Crippen LogP contribution in [0.1, 0.15) is 39.2 Å².